The Hall–Kier alpha value is -0.0800. The lowest BCUT2D eigenvalue weighted by Crippen LogP contribution is -2.57. The summed E-state index contributed by atoms with van der Waals surface area (Å²) < 4.78 is 0. The second-order valence-electron chi connectivity index (χ2n) is 6.72. The van der Waals surface area contributed by atoms with E-state index in [4.69, 9.17) is 0 Å². The number of aliphatic hydroxyl groups is 1. The van der Waals surface area contributed by atoms with Crippen molar-refractivity contribution in [2.75, 3.05) is 26.2 Å². The summed E-state index contributed by atoms with van der Waals surface area (Å²) in [5, 5.41) is 9.62. The number of hydrogen-bond acceptors (Lipinski definition) is 2. The van der Waals surface area contributed by atoms with Crippen LogP contribution in [0.25, 0.3) is 0 Å². The van der Waals surface area contributed by atoms with Gasteiger partial charge in [0.2, 0.25) is 0 Å². The third-order valence-electron chi connectivity index (χ3n) is 5.34. The van der Waals surface area contributed by atoms with E-state index in [2.05, 4.69) is 4.90 Å². The maximum atomic E-state index is 9.62. The molecule has 92 valence electrons. The molecule has 1 aliphatic heterocycles. The van der Waals surface area contributed by atoms with Crippen LogP contribution >= 0.6 is 0 Å². The van der Waals surface area contributed by atoms with Crippen LogP contribution in [0.1, 0.15) is 51.4 Å². The monoisotopic (exact) mass is 223 g/mol. The fourth-order valence-corrected chi connectivity index (χ4v) is 4.42. The summed E-state index contributed by atoms with van der Waals surface area (Å²) in [5.74, 6) is 0. The van der Waals surface area contributed by atoms with Gasteiger partial charge in [-0.25, -0.2) is 0 Å². The number of nitrogens with zero attached hydrogens (tertiary/aromatic N) is 1. The van der Waals surface area contributed by atoms with Crippen LogP contribution in [0.15, 0.2) is 0 Å². The van der Waals surface area contributed by atoms with Crippen LogP contribution in [0.2, 0.25) is 0 Å². The van der Waals surface area contributed by atoms with Crippen molar-refractivity contribution in [3.8, 4) is 0 Å². The molecule has 3 aliphatic rings. The largest absolute Gasteiger partial charge is 0.396 e. The van der Waals surface area contributed by atoms with E-state index in [1.165, 1.54) is 71.0 Å². The Morgan fingerprint density at radius 2 is 1.44 bits per heavy atom. The van der Waals surface area contributed by atoms with E-state index in [0.29, 0.717) is 6.61 Å². The summed E-state index contributed by atoms with van der Waals surface area (Å²) in [5.41, 5.74) is 0.996. The van der Waals surface area contributed by atoms with Gasteiger partial charge in [-0.15, -0.1) is 0 Å². The number of rotatable bonds is 3. The molecular weight excluding hydrogens is 198 g/mol. The average Bonchev–Trinajstić information content (AvgIpc) is 2.86. The van der Waals surface area contributed by atoms with Gasteiger partial charge in [-0.2, -0.15) is 0 Å². The summed E-state index contributed by atoms with van der Waals surface area (Å²) in [6.45, 7) is 4.24. The lowest BCUT2D eigenvalue weighted by molar-refractivity contribution is -0.0361. The first-order chi connectivity index (χ1) is 7.76. The Labute approximate surface area is 99.0 Å². The summed E-state index contributed by atoms with van der Waals surface area (Å²) >= 11 is 0. The highest BCUT2D eigenvalue weighted by molar-refractivity contribution is 5.00. The summed E-state index contributed by atoms with van der Waals surface area (Å²) in [6, 6.07) is 0. The molecule has 1 N–H and O–H groups in total. The number of aliphatic hydroxyl groups excluding tert-OH is 1. The van der Waals surface area contributed by atoms with Crippen LogP contribution in [0.5, 0.6) is 0 Å². The standard InChI is InChI=1S/C14H25NO/c16-12-14(7-3-4-8-14)11-15-9-13(10-15)5-1-2-6-13/h16H,1-12H2. The van der Waals surface area contributed by atoms with Crippen molar-refractivity contribution in [1.82, 2.24) is 4.90 Å². The quantitative estimate of drug-likeness (QED) is 0.794. The zero-order valence-corrected chi connectivity index (χ0v) is 10.4. The molecule has 2 nitrogen and oxygen atoms in total. The molecule has 3 fully saturated rings. The molecule has 0 aromatic heterocycles. The van der Waals surface area contributed by atoms with Crippen molar-refractivity contribution < 1.29 is 5.11 Å². The first-order valence-electron chi connectivity index (χ1n) is 7.09. The highest BCUT2D eigenvalue weighted by atomic mass is 16.3. The molecular formula is C14H25NO. The predicted octanol–water partition coefficient (Wildman–Crippen LogP) is 2.42. The van der Waals surface area contributed by atoms with Crippen molar-refractivity contribution in [2.45, 2.75) is 51.4 Å². The Balaban J connectivity index is 1.53. The van der Waals surface area contributed by atoms with Crippen molar-refractivity contribution in [1.29, 1.82) is 0 Å². The number of hydrogen-bond donors (Lipinski definition) is 1. The normalized spacial score (nSPS) is 32.1. The fourth-order valence-electron chi connectivity index (χ4n) is 4.42. The van der Waals surface area contributed by atoms with E-state index < -0.39 is 0 Å². The van der Waals surface area contributed by atoms with Crippen LogP contribution in [-0.2, 0) is 0 Å². The predicted molar refractivity (Wildman–Crippen MR) is 65.3 cm³/mol. The first kappa shape index (κ1) is 11.0. The van der Waals surface area contributed by atoms with Gasteiger partial charge in [0.05, 0.1) is 0 Å². The molecule has 0 radical (unpaired) electrons. The van der Waals surface area contributed by atoms with Crippen LogP contribution in [0, 0.1) is 10.8 Å². The molecule has 1 saturated heterocycles. The minimum Gasteiger partial charge on any atom is -0.396 e. The van der Waals surface area contributed by atoms with E-state index in [0.717, 1.165) is 5.41 Å². The topological polar surface area (TPSA) is 23.5 Å². The molecule has 1 heterocycles. The molecule has 3 rings (SSSR count). The molecule has 1 spiro atoms. The molecule has 0 aromatic rings. The Morgan fingerprint density at radius 3 is 2.00 bits per heavy atom. The second-order valence-corrected chi connectivity index (χ2v) is 6.72. The van der Waals surface area contributed by atoms with Crippen molar-refractivity contribution in [3.05, 3.63) is 0 Å². The van der Waals surface area contributed by atoms with Gasteiger partial charge >= 0.3 is 0 Å². The van der Waals surface area contributed by atoms with Crippen LogP contribution in [0.3, 0.4) is 0 Å². The molecule has 2 saturated carbocycles. The minimum atomic E-state index is 0.278. The van der Waals surface area contributed by atoms with E-state index in [1.807, 2.05) is 0 Å². The summed E-state index contributed by atoms with van der Waals surface area (Å²) in [6.07, 6.45) is 11.0. The lowest BCUT2D eigenvalue weighted by Gasteiger charge is -2.51. The van der Waals surface area contributed by atoms with Crippen LogP contribution in [0.4, 0.5) is 0 Å². The first-order valence-corrected chi connectivity index (χ1v) is 7.09. The Bertz CT molecular complexity index is 243. The van der Waals surface area contributed by atoms with Crippen molar-refractivity contribution in [3.63, 3.8) is 0 Å². The highest BCUT2D eigenvalue weighted by Crippen LogP contribution is 2.48. The number of likely N-dealkylation sites (tertiary alicyclic amines) is 1. The maximum absolute atomic E-state index is 9.62. The highest BCUT2D eigenvalue weighted by Gasteiger charge is 2.47. The van der Waals surface area contributed by atoms with E-state index in [1.54, 1.807) is 0 Å². The minimum absolute atomic E-state index is 0.278. The van der Waals surface area contributed by atoms with Gasteiger partial charge in [0, 0.05) is 31.7 Å². The van der Waals surface area contributed by atoms with Gasteiger partial charge in [-0.1, -0.05) is 25.7 Å². The summed E-state index contributed by atoms with van der Waals surface area (Å²) in [4.78, 5) is 2.62. The van der Waals surface area contributed by atoms with E-state index >= 15 is 0 Å². The Kier molecular flexibility index (Phi) is 2.75. The third-order valence-corrected chi connectivity index (χ3v) is 5.34. The Morgan fingerprint density at radius 1 is 0.875 bits per heavy atom. The molecule has 2 aliphatic carbocycles. The molecule has 0 aromatic carbocycles. The molecule has 16 heavy (non-hydrogen) atoms. The van der Waals surface area contributed by atoms with Crippen molar-refractivity contribution >= 4 is 0 Å². The second kappa shape index (κ2) is 3.99. The molecule has 2 heteroatoms. The van der Waals surface area contributed by atoms with Crippen LogP contribution in [-0.4, -0.2) is 36.2 Å². The zero-order chi connectivity index (χ0) is 11.1. The fraction of sp³-hybridized carbons (Fsp3) is 1.00. The SMILES string of the molecule is OCC1(CN2CC3(CCCC3)C2)CCCC1. The van der Waals surface area contributed by atoms with Gasteiger partial charge in [0.1, 0.15) is 0 Å². The van der Waals surface area contributed by atoms with Gasteiger partial charge < -0.3 is 10.0 Å². The molecule has 0 amide bonds. The average molecular weight is 223 g/mol. The lowest BCUT2D eigenvalue weighted by atomic mass is 9.76. The zero-order valence-electron chi connectivity index (χ0n) is 10.4. The van der Waals surface area contributed by atoms with E-state index in [9.17, 15) is 5.11 Å². The smallest absolute Gasteiger partial charge is 0.0499 e. The van der Waals surface area contributed by atoms with Crippen molar-refractivity contribution in [2.24, 2.45) is 10.8 Å². The van der Waals surface area contributed by atoms with Gasteiger partial charge in [-0.3, -0.25) is 0 Å². The van der Waals surface area contributed by atoms with Crippen LogP contribution < -0.4 is 0 Å². The molecule has 0 atom stereocenters. The molecule has 0 unspecified atom stereocenters. The van der Waals surface area contributed by atoms with E-state index in [-0.39, 0.29) is 5.41 Å². The summed E-state index contributed by atoms with van der Waals surface area (Å²) in [7, 11) is 0. The van der Waals surface area contributed by atoms with Gasteiger partial charge in [-0.05, 0) is 31.1 Å². The molecule has 0 bridgehead atoms. The third kappa shape index (κ3) is 1.80. The van der Waals surface area contributed by atoms with Gasteiger partial charge in [0.15, 0.2) is 0 Å². The van der Waals surface area contributed by atoms with Gasteiger partial charge in [0.25, 0.3) is 0 Å². The maximum Gasteiger partial charge on any atom is 0.0499 e.